The number of β-amino-alcohol motifs (C(OH)–C–C–N with tert-alkyl or cyclic N) is 1. The van der Waals surface area contributed by atoms with Crippen LogP contribution in [-0.4, -0.2) is 71.1 Å². The molecule has 0 saturated carbocycles. The van der Waals surface area contributed by atoms with Gasteiger partial charge in [0.25, 0.3) is 0 Å². The SMILES string of the molecule is CCN(CC(=O)NC(C)C)C(=O)CN1CC(C)(O)C1. The van der Waals surface area contributed by atoms with E-state index in [1.165, 1.54) is 4.90 Å². The highest BCUT2D eigenvalue weighted by atomic mass is 16.3. The van der Waals surface area contributed by atoms with E-state index in [-0.39, 0.29) is 30.9 Å². The van der Waals surface area contributed by atoms with Crippen molar-refractivity contribution in [3.8, 4) is 0 Å². The number of amides is 2. The van der Waals surface area contributed by atoms with Gasteiger partial charge in [0.15, 0.2) is 0 Å². The van der Waals surface area contributed by atoms with Gasteiger partial charge < -0.3 is 15.3 Å². The van der Waals surface area contributed by atoms with Crippen LogP contribution < -0.4 is 5.32 Å². The van der Waals surface area contributed by atoms with Crippen molar-refractivity contribution in [1.29, 1.82) is 0 Å². The van der Waals surface area contributed by atoms with E-state index in [0.717, 1.165) is 0 Å². The molecule has 2 N–H and O–H groups in total. The minimum Gasteiger partial charge on any atom is -0.388 e. The van der Waals surface area contributed by atoms with Gasteiger partial charge in [-0.25, -0.2) is 0 Å². The molecule has 0 spiro atoms. The van der Waals surface area contributed by atoms with Crippen molar-refractivity contribution >= 4 is 11.8 Å². The van der Waals surface area contributed by atoms with E-state index < -0.39 is 5.60 Å². The Labute approximate surface area is 114 Å². The number of rotatable bonds is 6. The number of carbonyl (C=O) groups is 2. The summed E-state index contributed by atoms with van der Waals surface area (Å²) in [5.74, 6) is -0.210. The average molecular weight is 271 g/mol. The highest BCUT2D eigenvalue weighted by molar-refractivity contribution is 5.85. The lowest BCUT2D eigenvalue weighted by Crippen LogP contribution is -2.62. The predicted octanol–water partition coefficient (Wildman–Crippen LogP) is -0.574. The first-order valence-corrected chi connectivity index (χ1v) is 6.75. The van der Waals surface area contributed by atoms with Crippen LogP contribution in [0.3, 0.4) is 0 Å². The van der Waals surface area contributed by atoms with Crippen LogP contribution >= 0.6 is 0 Å². The molecular formula is C13H25N3O3. The Morgan fingerprint density at radius 3 is 2.42 bits per heavy atom. The van der Waals surface area contributed by atoms with Crippen LogP contribution in [0, 0.1) is 0 Å². The molecule has 0 radical (unpaired) electrons. The molecule has 0 aromatic carbocycles. The summed E-state index contributed by atoms with van der Waals surface area (Å²) in [6.07, 6.45) is 0. The average Bonchev–Trinajstić information content (AvgIpc) is 2.22. The number of likely N-dealkylation sites (N-methyl/N-ethyl adjacent to an activating group) is 1. The minimum atomic E-state index is -0.674. The summed E-state index contributed by atoms with van der Waals surface area (Å²) in [6.45, 7) is 9.26. The maximum atomic E-state index is 12.0. The summed E-state index contributed by atoms with van der Waals surface area (Å²) in [4.78, 5) is 27.1. The standard InChI is InChI=1S/C13H25N3O3/c1-5-16(6-11(17)14-10(2)3)12(18)7-15-8-13(4,19)9-15/h10,19H,5-9H2,1-4H3,(H,14,17). The van der Waals surface area contributed by atoms with Crippen LogP contribution in [0.1, 0.15) is 27.7 Å². The number of likely N-dealkylation sites (tertiary alicyclic amines) is 1. The summed E-state index contributed by atoms with van der Waals surface area (Å²) >= 11 is 0. The Hall–Kier alpha value is -1.14. The van der Waals surface area contributed by atoms with E-state index in [1.807, 2.05) is 25.7 Å². The second-order valence-electron chi connectivity index (χ2n) is 5.77. The molecule has 1 aliphatic rings. The molecule has 19 heavy (non-hydrogen) atoms. The Morgan fingerprint density at radius 1 is 1.42 bits per heavy atom. The van der Waals surface area contributed by atoms with Crippen LogP contribution in [0.4, 0.5) is 0 Å². The smallest absolute Gasteiger partial charge is 0.239 e. The molecule has 1 saturated heterocycles. The van der Waals surface area contributed by atoms with Crippen molar-refractivity contribution in [1.82, 2.24) is 15.1 Å². The normalized spacial score (nSPS) is 18.0. The van der Waals surface area contributed by atoms with Gasteiger partial charge in [0.2, 0.25) is 11.8 Å². The van der Waals surface area contributed by atoms with E-state index in [2.05, 4.69) is 5.32 Å². The summed E-state index contributed by atoms with van der Waals surface area (Å²) in [5.41, 5.74) is -0.674. The molecule has 0 unspecified atom stereocenters. The predicted molar refractivity (Wildman–Crippen MR) is 72.6 cm³/mol. The molecular weight excluding hydrogens is 246 g/mol. The van der Waals surface area contributed by atoms with Crippen molar-refractivity contribution in [2.75, 3.05) is 32.7 Å². The van der Waals surface area contributed by atoms with E-state index >= 15 is 0 Å². The van der Waals surface area contributed by atoms with Gasteiger partial charge in [-0.3, -0.25) is 14.5 Å². The van der Waals surface area contributed by atoms with Gasteiger partial charge in [0, 0.05) is 25.7 Å². The molecule has 0 aromatic heterocycles. The third kappa shape index (κ3) is 5.16. The van der Waals surface area contributed by atoms with Crippen molar-refractivity contribution in [3.63, 3.8) is 0 Å². The first-order valence-electron chi connectivity index (χ1n) is 6.75. The fourth-order valence-corrected chi connectivity index (χ4v) is 2.24. The Balaban J connectivity index is 2.38. The van der Waals surface area contributed by atoms with Crippen molar-refractivity contribution in [3.05, 3.63) is 0 Å². The van der Waals surface area contributed by atoms with Crippen LogP contribution in [0.5, 0.6) is 0 Å². The lowest BCUT2D eigenvalue weighted by atomic mass is 9.97. The second-order valence-corrected chi connectivity index (χ2v) is 5.77. The van der Waals surface area contributed by atoms with Gasteiger partial charge in [0.1, 0.15) is 0 Å². The first kappa shape index (κ1) is 15.9. The Bertz CT molecular complexity index is 334. The van der Waals surface area contributed by atoms with E-state index in [9.17, 15) is 14.7 Å². The number of carbonyl (C=O) groups excluding carboxylic acids is 2. The highest BCUT2D eigenvalue weighted by Gasteiger charge is 2.37. The number of aliphatic hydroxyl groups is 1. The molecule has 6 nitrogen and oxygen atoms in total. The van der Waals surface area contributed by atoms with Crippen molar-refractivity contribution in [2.45, 2.75) is 39.3 Å². The van der Waals surface area contributed by atoms with Gasteiger partial charge in [-0.1, -0.05) is 0 Å². The summed E-state index contributed by atoms with van der Waals surface area (Å²) < 4.78 is 0. The summed E-state index contributed by atoms with van der Waals surface area (Å²) in [7, 11) is 0. The zero-order chi connectivity index (χ0) is 14.6. The monoisotopic (exact) mass is 271 g/mol. The molecule has 6 heteroatoms. The Kier molecular flexibility index (Phi) is 5.31. The largest absolute Gasteiger partial charge is 0.388 e. The van der Waals surface area contributed by atoms with E-state index in [1.54, 1.807) is 6.92 Å². The molecule has 0 bridgehead atoms. The summed E-state index contributed by atoms with van der Waals surface area (Å²) in [5, 5.41) is 12.4. The van der Waals surface area contributed by atoms with Gasteiger partial charge in [-0.05, 0) is 27.7 Å². The van der Waals surface area contributed by atoms with Crippen LogP contribution in [0.25, 0.3) is 0 Å². The quantitative estimate of drug-likeness (QED) is 0.678. The van der Waals surface area contributed by atoms with Gasteiger partial charge >= 0.3 is 0 Å². The van der Waals surface area contributed by atoms with Crippen LogP contribution in [-0.2, 0) is 9.59 Å². The van der Waals surface area contributed by atoms with Gasteiger partial charge in [0.05, 0.1) is 18.7 Å². The molecule has 1 aliphatic heterocycles. The van der Waals surface area contributed by atoms with Gasteiger partial charge in [-0.15, -0.1) is 0 Å². The lowest BCUT2D eigenvalue weighted by molar-refractivity contribution is -0.142. The maximum absolute atomic E-state index is 12.0. The number of hydrogen-bond acceptors (Lipinski definition) is 4. The fraction of sp³-hybridized carbons (Fsp3) is 0.846. The van der Waals surface area contributed by atoms with E-state index in [4.69, 9.17) is 0 Å². The zero-order valence-electron chi connectivity index (χ0n) is 12.3. The molecule has 0 aromatic rings. The van der Waals surface area contributed by atoms with Gasteiger partial charge in [-0.2, -0.15) is 0 Å². The molecule has 0 aliphatic carbocycles. The highest BCUT2D eigenvalue weighted by Crippen LogP contribution is 2.19. The van der Waals surface area contributed by atoms with Crippen molar-refractivity contribution < 1.29 is 14.7 Å². The number of nitrogens with one attached hydrogen (secondary N) is 1. The maximum Gasteiger partial charge on any atom is 0.239 e. The van der Waals surface area contributed by atoms with Crippen LogP contribution in [0.2, 0.25) is 0 Å². The number of nitrogens with zero attached hydrogens (tertiary/aromatic N) is 2. The third-order valence-electron chi connectivity index (χ3n) is 3.01. The molecule has 1 fully saturated rings. The lowest BCUT2D eigenvalue weighted by Gasteiger charge is -2.44. The molecule has 1 rings (SSSR count). The molecule has 0 atom stereocenters. The first-order chi connectivity index (χ1) is 8.73. The topological polar surface area (TPSA) is 72.9 Å². The third-order valence-corrected chi connectivity index (χ3v) is 3.01. The second kappa shape index (κ2) is 6.34. The molecule has 110 valence electrons. The summed E-state index contributed by atoms with van der Waals surface area (Å²) in [6, 6.07) is 0.0757. The fourth-order valence-electron chi connectivity index (χ4n) is 2.24. The zero-order valence-corrected chi connectivity index (χ0v) is 12.3. The van der Waals surface area contributed by atoms with Crippen molar-refractivity contribution in [2.24, 2.45) is 0 Å². The van der Waals surface area contributed by atoms with E-state index in [0.29, 0.717) is 19.6 Å². The minimum absolute atomic E-state index is 0.0723. The number of hydrogen-bond donors (Lipinski definition) is 2. The Morgan fingerprint density at radius 2 is 2.00 bits per heavy atom. The van der Waals surface area contributed by atoms with Crippen LogP contribution in [0.15, 0.2) is 0 Å². The molecule has 1 heterocycles. The molecule has 2 amide bonds.